The molecule has 0 saturated heterocycles. The molecule has 1 aliphatic heterocycles. The highest BCUT2D eigenvalue weighted by molar-refractivity contribution is 6.04. The summed E-state index contributed by atoms with van der Waals surface area (Å²) in [5.41, 5.74) is 1.94. The van der Waals surface area contributed by atoms with E-state index in [-0.39, 0.29) is 29.6 Å². The van der Waals surface area contributed by atoms with Gasteiger partial charge in [-0.3, -0.25) is 9.59 Å². The second kappa shape index (κ2) is 9.09. The number of aromatic nitrogens is 2. The molecule has 0 spiro atoms. The zero-order chi connectivity index (χ0) is 22.7. The summed E-state index contributed by atoms with van der Waals surface area (Å²) in [5.74, 6) is -1.37. The lowest BCUT2D eigenvalue weighted by Crippen LogP contribution is -2.21. The third kappa shape index (κ3) is 4.56. The van der Waals surface area contributed by atoms with Crippen LogP contribution >= 0.6 is 0 Å². The van der Waals surface area contributed by atoms with E-state index >= 15 is 0 Å². The first kappa shape index (κ1) is 21.4. The fraction of sp³-hybridized carbons (Fsp3) is 0.217. The highest BCUT2D eigenvalue weighted by atomic mass is 19.1. The van der Waals surface area contributed by atoms with Gasteiger partial charge >= 0.3 is 0 Å². The number of carbonyl (C=O) groups is 2. The average Bonchev–Trinajstić information content (AvgIpc) is 3.13. The van der Waals surface area contributed by atoms with Gasteiger partial charge in [0, 0.05) is 19.7 Å². The summed E-state index contributed by atoms with van der Waals surface area (Å²) in [4.78, 5) is 31.9. The van der Waals surface area contributed by atoms with Gasteiger partial charge in [0.25, 0.3) is 5.91 Å². The van der Waals surface area contributed by atoms with E-state index in [2.05, 4.69) is 25.9 Å². The number of pyridine rings is 2. The van der Waals surface area contributed by atoms with E-state index in [4.69, 9.17) is 0 Å². The van der Waals surface area contributed by atoms with Crippen LogP contribution in [0.5, 0.6) is 0 Å². The SMILES string of the molecule is CC(=O)NCCCc1ccc(Nc2cc(-c3c(F)cccc3F)nc3c2C(=O)NC3)nc1. The molecule has 3 heterocycles. The Bertz CT molecular complexity index is 1160. The Hall–Kier alpha value is -3.88. The van der Waals surface area contributed by atoms with E-state index < -0.39 is 11.6 Å². The van der Waals surface area contributed by atoms with Gasteiger partial charge in [0.2, 0.25) is 5.91 Å². The van der Waals surface area contributed by atoms with Crippen molar-refractivity contribution in [3.63, 3.8) is 0 Å². The molecule has 9 heteroatoms. The number of aryl methyl sites for hydroxylation is 1. The smallest absolute Gasteiger partial charge is 0.255 e. The molecule has 0 aliphatic carbocycles. The van der Waals surface area contributed by atoms with Crippen LogP contribution in [0.3, 0.4) is 0 Å². The molecule has 0 unspecified atom stereocenters. The number of carbonyl (C=O) groups excluding carboxylic acids is 2. The Labute approximate surface area is 183 Å². The lowest BCUT2D eigenvalue weighted by atomic mass is 10.1. The van der Waals surface area contributed by atoms with Gasteiger partial charge in [-0.2, -0.15) is 0 Å². The first-order valence-corrected chi connectivity index (χ1v) is 10.2. The molecule has 3 N–H and O–H groups in total. The van der Waals surface area contributed by atoms with Crippen LogP contribution < -0.4 is 16.0 Å². The Morgan fingerprint density at radius 3 is 2.62 bits per heavy atom. The van der Waals surface area contributed by atoms with Crippen molar-refractivity contribution in [2.45, 2.75) is 26.3 Å². The predicted octanol–water partition coefficient (Wildman–Crippen LogP) is 3.48. The first-order valence-electron chi connectivity index (χ1n) is 10.2. The van der Waals surface area contributed by atoms with E-state index in [9.17, 15) is 18.4 Å². The lowest BCUT2D eigenvalue weighted by Gasteiger charge is -2.13. The number of hydrogen-bond donors (Lipinski definition) is 3. The summed E-state index contributed by atoms with van der Waals surface area (Å²) in [6.45, 7) is 2.24. The average molecular weight is 437 g/mol. The van der Waals surface area contributed by atoms with Crippen LogP contribution in [0.1, 0.15) is 35.0 Å². The van der Waals surface area contributed by atoms with E-state index in [1.54, 1.807) is 12.3 Å². The molecular weight excluding hydrogens is 416 g/mol. The molecule has 3 aromatic rings. The third-order valence-corrected chi connectivity index (χ3v) is 5.06. The standard InChI is InChI=1S/C23H21F2N5O2/c1-13(31)26-9-3-4-14-7-8-20(27-11-14)30-18-10-17(21-15(24)5-2-6-16(21)25)29-19-12-28-23(32)22(18)19/h2,5-8,10-11H,3-4,9,12H2,1H3,(H,26,31)(H,28,32)(H,27,29,30). The van der Waals surface area contributed by atoms with Gasteiger partial charge in [0.05, 0.1) is 34.7 Å². The fourth-order valence-corrected chi connectivity index (χ4v) is 3.54. The van der Waals surface area contributed by atoms with E-state index in [1.807, 2.05) is 6.07 Å². The third-order valence-electron chi connectivity index (χ3n) is 5.06. The maximum Gasteiger partial charge on any atom is 0.255 e. The van der Waals surface area contributed by atoms with E-state index in [0.29, 0.717) is 29.3 Å². The molecule has 0 atom stereocenters. The van der Waals surface area contributed by atoms with Crippen molar-refractivity contribution < 1.29 is 18.4 Å². The molecule has 4 rings (SSSR count). The monoisotopic (exact) mass is 437 g/mol. The van der Waals surface area contributed by atoms with Gasteiger partial charge < -0.3 is 16.0 Å². The Morgan fingerprint density at radius 2 is 1.94 bits per heavy atom. The molecule has 2 aromatic heterocycles. The molecule has 0 fully saturated rings. The molecule has 2 amide bonds. The number of anilines is 2. The minimum atomic E-state index is -0.734. The number of benzene rings is 1. The summed E-state index contributed by atoms with van der Waals surface area (Å²) >= 11 is 0. The number of amides is 2. The molecule has 7 nitrogen and oxygen atoms in total. The van der Waals surface area contributed by atoms with Crippen molar-refractivity contribution in [2.24, 2.45) is 0 Å². The molecule has 0 saturated carbocycles. The van der Waals surface area contributed by atoms with Crippen molar-refractivity contribution in [1.82, 2.24) is 20.6 Å². The summed E-state index contributed by atoms with van der Waals surface area (Å²) < 4.78 is 28.6. The fourth-order valence-electron chi connectivity index (χ4n) is 3.54. The van der Waals surface area contributed by atoms with Crippen molar-refractivity contribution in [1.29, 1.82) is 0 Å². The zero-order valence-corrected chi connectivity index (χ0v) is 17.3. The highest BCUT2D eigenvalue weighted by Gasteiger charge is 2.27. The molecule has 1 aromatic carbocycles. The maximum atomic E-state index is 14.3. The number of nitrogens with one attached hydrogen (secondary N) is 3. The number of nitrogens with zero attached hydrogens (tertiary/aromatic N) is 2. The van der Waals surface area contributed by atoms with Crippen LogP contribution in [0.2, 0.25) is 0 Å². The molecule has 0 radical (unpaired) electrons. The summed E-state index contributed by atoms with van der Waals surface area (Å²) in [6, 6.07) is 8.71. The van der Waals surface area contributed by atoms with Crippen LogP contribution in [0.15, 0.2) is 42.6 Å². The van der Waals surface area contributed by atoms with Gasteiger partial charge in [-0.25, -0.2) is 18.7 Å². The normalized spacial score (nSPS) is 12.3. The lowest BCUT2D eigenvalue weighted by molar-refractivity contribution is -0.118. The molecule has 1 aliphatic rings. The van der Waals surface area contributed by atoms with Crippen molar-refractivity contribution >= 4 is 23.3 Å². The van der Waals surface area contributed by atoms with Gasteiger partial charge in [0.15, 0.2) is 0 Å². The molecule has 164 valence electrons. The number of hydrogen-bond acceptors (Lipinski definition) is 5. The highest BCUT2D eigenvalue weighted by Crippen LogP contribution is 2.32. The topological polar surface area (TPSA) is 96.0 Å². The first-order chi connectivity index (χ1) is 15.4. The Balaban J connectivity index is 1.59. The van der Waals surface area contributed by atoms with Gasteiger partial charge in [-0.05, 0) is 42.7 Å². The van der Waals surface area contributed by atoms with Crippen LogP contribution in [-0.2, 0) is 17.8 Å². The zero-order valence-electron chi connectivity index (χ0n) is 17.3. The van der Waals surface area contributed by atoms with Crippen molar-refractivity contribution in [2.75, 3.05) is 11.9 Å². The van der Waals surface area contributed by atoms with E-state index in [1.165, 1.54) is 19.1 Å². The summed E-state index contributed by atoms with van der Waals surface area (Å²) in [7, 11) is 0. The molecule has 32 heavy (non-hydrogen) atoms. The predicted molar refractivity (Wildman–Crippen MR) is 115 cm³/mol. The van der Waals surface area contributed by atoms with Gasteiger partial charge in [0.1, 0.15) is 17.5 Å². The largest absolute Gasteiger partial charge is 0.356 e. The van der Waals surface area contributed by atoms with E-state index in [0.717, 1.165) is 30.5 Å². The minimum Gasteiger partial charge on any atom is -0.356 e. The van der Waals surface area contributed by atoms with Crippen LogP contribution in [-0.4, -0.2) is 28.3 Å². The van der Waals surface area contributed by atoms with Crippen LogP contribution in [0.4, 0.5) is 20.3 Å². The van der Waals surface area contributed by atoms with Crippen LogP contribution in [0.25, 0.3) is 11.3 Å². The minimum absolute atomic E-state index is 0.0637. The molecular formula is C23H21F2N5O2. The van der Waals surface area contributed by atoms with Crippen molar-refractivity contribution in [3.05, 3.63) is 71.1 Å². The number of halogens is 2. The molecule has 0 bridgehead atoms. The second-order valence-electron chi connectivity index (χ2n) is 7.42. The van der Waals surface area contributed by atoms with Crippen LogP contribution in [0, 0.1) is 11.6 Å². The van der Waals surface area contributed by atoms with Crippen molar-refractivity contribution in [3.8, 4) is 11.3 Å². The Morgan fingerprint density at radius 1 is 1.16 bits per heavy atom. The van der Waals surface area contributed by atoms with Gasteiger partial charge in [-0.1, -0.05) is 12.1 Å². The Kier molecular flexibility index (Phi) is 6.07. The summed E-state index contributed by atoms with van der Waals surface area (Å²) in [5, 5.41) is 8.51. The summed E-state index contributed by atoms with van der Waals surface area (Å²) in [6.07, 6.45) is 3.23. The number of fused-ring (bicyclic) bond motifs is 1. The second-order valence-corrected chi connectivity index (χ2v) is 7.42. The van der Waals surface area contributed by atoms with Gasteiger partial charge in [-0.15, -0.1) is 0 Å². The quantitative estimate of drug-likeness (QED) is 0.492. The number of rotatable bonds is 7. The maximum absolute atomic E-state index is 14.3.